The molecule has 0 fully saturated rings. The Bertz CT molecular complexity index is 1250. The van der Waals surface area contributed by atoms with E-state index in [0.717, 1.165) is 37.7 Å². The van der Waals surface area contributed by atoms with Gasteiger partial charge in [-0.2, -0.15) is 0 Å². The number of hydrogen-bond donors (Lipinski definition) is 1. The number of aromatic nitrogens is 1. The maximum absolute atomic E-state index is 12.4. The molecule has 5 nitrogen and oxygen atoms in total. The van der Waals surface area contributed by atoms with Crippen LogP contribution in [0.2, 0.25) is 0 Å². The zero-order chi connectivity index (χ0) is 21.1. The quantitative estimate of drug-likeness (QED) is 0.353. The lowest BCUT2D eigenvalue weighted by atomic mass is 9.99. The number of carbonyl (C=O) groups excluding carboxylic acids is 1. The van der Waals surface area contributed by atoms with E-state index in [9.17, 15) is 4.79 Å². The second kappa shape index (κ2) is 8.55. The molecule has 0 unspecified atom stereocenters. The van der Waals surface area contributed by atoms with Crippen LogP contribution in [0.25, 0.3) is 27.7 Å². The van der Waals surface area contributed by atoms with Gasteiger partial charge in [-0.05, 0) is 48.4 Å². The fraction of sp³-hybridized carbons (Fsp3) is 0.0833. The average molecular weight is 463 g/mol. The molecule has 1 N–H and O–H groups in total. The number of nitrogens with zero attached hydrogens (tertiary/aromatic N) is 1. The van der Waals surface area contributed by atoms with Gasteiger partial charge in [-0.3, -0.25) is 4.79 Å². The number of halogens is 1. The topological polar surface area (TPSA) is 64.4 Å². The lowest BCUT2D eigenvalue weighted by molar-refractivity contribution is -0.111. The molecule has 2 heterocycles. The summed E-state index contributed by atoms with van der Waals surface area (Å²) < 4.78 is 12.3. The van der Waals surface area contributed by atoms with Gasteiger partial charge in [0.05, 0.1) is 13.4 Å². The monoisotopic (exact) mass is 462 g/mol. The van der Waals surface area contributed by atoms with Gasteiger partial charge in [-0.1, -0.05) is 34.1 Å². The number of ether oxygens (including phenoxy) is 1. The normalized spacial score (nSPS) is 11.5. The van der Waals surface area contributed by atoms with Crippen LogP contribution in [0.4, 0.5) is 5.82 Å². The van der Waals surface area contributed by atoms with Crippen molar-refractivity contribution in [3.63, 3.8) is 0 Å². The van der Waals surface area contributed by atoms with Crippen molar-refractivity contribution in [1.82, 2.24) is 4.98 Å². The molecule has 0 saturated carbocycles. The van der Waals surface area contributed by atoms with Gasteiger partial charge in [0.25, 0.3) is 0 Å². The molecular weight excluding hydrogens is 444 g/mol. The molecule has 30 heavy (non-hydrogen) atoms. The summed E-state index contributed by atoms with van der Waals surface area (Å²) in [4.78, 5) is 16.6. The Labute approximate surface area is 182 Å². The molecule has 0 atom stereocenters. The van der Waals surface area contributed by atoms with Gasteiger partial charge < -0.3 is 14.5 Å². The number of hydrogen-bond acceptors (Lipinski definition) is 4. The van der Waals surface area contributed by atoms with Gasteiger partial charge in [0.15, 0.2) is 0 Å². The lowest BCUT2D eigenvalue weighted by Gasteiger charge is -2.10. The summed E-state index contributed by atoms with van der Waals surface area (Å²) in [6, 6.07) is 17.2. The van der Waals surface area contributed by atoms with Gasteiger partial charge in [0.1, 0.15) is 17.2 Å². The van der Waals surface area contributed by atoms with Gasteiger partial charge in [-0.25, -0.2) is 4.98 Å². The van der Waals surface area contributed by atoms with E-state index in [2.05, 4.69) is 26.2 Å². The highest BCUT2D eigenvalue weighted by atomic mass is 79.9. The van der Waals surface area contributed by atoms with Crippen molar-refractivity contribution in [2.45, 2.75) is 6.92 Å². The molecule has 0 saturated heterocycles. The molecule has 0 aliphatic carbocycles. The van der Waals surface area contributed by atoms with Crippen LogP contribution in [0.1, 0.15) is 12.5 Å². The van der Waals surface area contributed by atoms with E-state index in [1.807, 2.05) is 49.4 Å². The third-order valence-electron chi connectivity index (χ3n) is 4.72. The zero-order valence-electron chi connectivity index (χ0n) is 16.5. The number of methoxy groups -OCH3 is 1. The minimum Gasteiger partial charge on any atom is -0.496 e. The van der Waals surface area contributed by atoms with Crippen molar-refractivity contribution in [2.75, 3.05) is 12.4 Å². The predicted molar refractivity (Wildman–Crippen MR) is 122 cm³/mol. The molecule has 2 aromatic heterocycles. The molecule has 0 aliphatic rings. The van der Waals surface area contributed by atoms with Crippen LogP contribution in [-0.4, -0.2) is 18.0 Å². The molecule has 0 aliphatic heterocycles. The third kappa shape index (κ3) is 4.14. The Morgan fingerprint density at radius 1 is 1.17 bits per heavy atom. The number of pyridine rings is 1. The van der Waals surface area contributed by atoms with Gasteiger partial charge >= 0.3 is 0 Å². The predicted octanol–water partition coefficient (Wildman–Crippen LogP) is 6.31. The van der Waals surface area contributed by atoms with Crippen molar-refractivity contribution in [3.8, 4) is 16.9 Å². The molecular formula is C24H19BrN2O3. The minimum absolute atomic E-state index is 0.257. The maximum Gasteiger partial charge on any atom is 0.249 e. The largest absolute Gasteiger partial charge is 0.496 e. The van der Waals surface area contributed by atoms with Crippen molar-refractivity contribution >= 4 is 44.2 Å². The smallest absolute Gasteiger partial charge is 0.249 e. The molecule has 1 amide bonds. The summed E-state index contributed by atoms with van der Waals surface area (Å²) in [6.07, 6.45) is 4.91. The zero-order valence-corrected chi connectivity index (χ0v) is 18.1. The number of nitrogens with one attached hydrogen (secondary N) is 1. The summed E-state index contributed by atoms with van der Waals surface area (Å²) in [5.74, 6) is 0.880. The van der Waals surface area contributed by atoms with Crippen LogP contribution in [-0.2, 0) is 4.79 Å². The van der Waals surface area contributed by atoms with E-state index < -0.39 is 0 Å². The lowest BCUT2D eigenvalue weighted by Crippen LogP contribution is -2.09. The number of amides is 1. The van der Waals surface area contributed by atoms with E-state index in [1.54, 1.807) is 31.7 Å². The molecule has 6 heteroatoms. The van der Waals surface area contributed by atoms with Crippen LogP contribution in [0.15, 0.2) is 82.0 Å². The van der Waals surface area contributed by atoms with Crippen molar-refractivity contribution in [2.24, 2.45) is 0 Å². The number of rotatable bonds is 5. The van der Waals surface area contributed by atoms with Crippen LogP contribution in [0.5, 0.6) is 5.75 Å². The molecule has 0 radical (unpaired) electrons. The molecule has 0 spiro atoms. The van der Waals surface area contributed by atoms with E-state index >= 15 is 0 Å². The Morgan fingerprint density at radius 2 is 2.03 bits per heavy atom. The maximum atomic E-state index is 12.4. The second-order valence-electron chi connectivity index (χ2n) is 6.74. The SMILES string of the molecule is COc1cc2occ(-c3cccc(Br)c3)c2cc1/C(C)=C/C(=O)Nc1ccccn1. The van der Waals surface area contributed by atoms with Gasteiger partial charge in [0, 0.05) is 39.3 Å². The number of allylic oxidation sites excluding steroid dienone is 1. The molecule has 150 valence electrons. The van der Waals surface area contributed by atoms with Crippen LogP contribution < -0.4 is 10.1 Å². The second-order valence-corrected chi connectivity index (χ2v) is 7.66. The van der Waals surface area contributed by atoms with E-state index in [0.29, 0.717) is 11.6 Å². The first-order valence-electron chi connectivity index (χ1n) is 9.31. The fourth-order valence-corrected chi connectivity index (χ4v) is 3.68. The summed E-state index contributed by atoms with van der Waals surface area (Å²) >= 11 is 3.52. The number of fused-ring (bicyclic) bond motifs is 1. The van der Waals surface area contributed by atoms with Crippen LogP contribution in [0, 0.1) is 0 Å². The third-order valence-corrected chi connectivity index (χ3v) is 5.21. The average Bonchev–Trinajstić information content (AvgIpc) is 3.16. The number of anilines is 1. The van der Waals surface area contributed by atoms with Crippen LogP contribution >= 0.6 is 15.9 Å². The van der Waals surface area contributed by atoms with Gasteiger partial charge in [0.2, 0.25) is 5.91 Å². The molecule has 2 aromatic carbocycles. The van der Waals surface area contributed by atoms with E-state index in [1.165, 1.54) is 6.08 Å². The van der Waals surface area contributed by atoms with Gasteiger partial charge in [-0.15, -0.1) is 0 Å². The first-order chi connectivity index (χ1) is 14.5. The highest BCUT2D eigenvalue weighted by molar-refractivity contribution is 9.10. The number of benzene rings is 2. The van der Waals surface area contributed by atoms with Crippen molar-refractivity contribution in [3.05, 3.63) is 83.2 Å². The summed E-state index contributed by atoms with van der Waals surface area (Å²) in [5.41, 5.74) is 4.31. The molecule has 4 rings (SSSR count). The summed E-state index contributed by atoms with van der Waals surface area (Å²) in [5, 5.41) is 3.71. The number of furan rings is 1. The Balaban J connectivity index is 1.73. The minimum atomic E-state index is -0.257. The van der Waals surface area contributed by atoms with E-state index in [4.69, 9.17) is 9.15 Å². The Morgan fingerprint density at radius 3 is 2.77 bits per heavy atom. The van der Waals surface area contributed by atoms with Crippen molar-refractivity contribution in [1.29, 1.82) is 0 Å². The first-order valence-corrected chi connectivity index (χ1v) is 10.1. The first kappa shape index (κ1) is 19.9. The molecule has 4 aromatic rings. The highest BCUT2D eigenvalue weighted by Crippen LogP contribution is 2.37. The highest BCUT2D eigenvalue weighted by Gasteiger charge is 2.15. The fourth-order valence-electron chi connectivity index (χ4n) is 3.29. The molecule has 0 bridgehead atoms. The number of carbonyl (C=O) groups is 1. The summed E-state index contributed by atoms with van der Waals surface area (Å²) in [6.45, 7) is 1.88. The Kier molecular flexibility index (Phi) is 5.68. The standard InChI is InChI=1S/C24H19BrN2O3/c1-15(10-24(28)27-23-8-3-4-9-26-23)18-12-19-20(16-6-5-7-17(25)11-16)14-30-22(19)13-21(18)29-2/h3-14H,1-2H3,(H,26,27,28)/b15-10+. The van der Waals surface area contributed by atoms with Crippen LogP contribution in [0.3, 0.4) is 0 Å². The van der Waals surface area contributed by atoms with E-state index in [-0.39, 0.29) is 5.91 Å². The summed E-state index contributed by atoms with van der Waals surface area (Å²) in [7, 11) is 1.60. The Hall–Kier alpha value is -3.38. The van der Waals surface area contributed by atoms with Crippen molar-refractivity contribution < 1.29 is 13.9 Å².